The third-order valence-corrected chi connectivity index (χ3v) is 4.92. The Balaban J connectivity index is 0.00000242. The number of hydrogen-bond acceptors (Lipinski definition) is 5. The lowest BCUT2D eigenvalue weighted by atomic mass is 10.1. The predicted molar refractivity (Wildman–Crippen MR) is 85.3 cm³/mol. The van der Waals surface area contributed by atoms with Crippen LogP contribution in [0.5, 0.6) is 0 Å². The summed E-state index contributed by atoms with van der Waals surface area (Å²) in [6.45, 7) is 1.50. The van der Waals surface area contributed by atoms with Gasteiger partial charge in [0.1, 0.15) is 6.04 Å². The number of hydrogen-bond donors (Lipinski definition) is 1. The maximum Gasteiger partial charge on any atom is 0.244 e. The lowest BCUT2D eigenvalue weighted by molar-refractivity contribution is -0.134. The van der Waals surface area contributed by atoms with Crippen LogP contribution in [-0.4, -0.2) is 72.8 Å². The summed E-state index contributed by atoms with van der Waals surface area (Å²) in [4.78, 5) is 14.2. The molecule has 1 saturated heterocycles. The summed E-state index contributed by atoms with van der Waals surface area (Å²) in [5.41, 5.74) is 0.801. The van der Waals surface area contributed by atoms with Gasteiger partial charge in [-0.2, -0.15) is 9.40 Å². The smallest absolute Gasteiger partial charge is 0.244 e. The van der Waals surface area contributed by atoms with E-state index in [4.69, 9.17) is 0 Å². The predicted octanol–water partition coefficient (Wildman–Crippen LogP) is -0.794. The topological polar surface area (TPSA) is 87.5 Å². The summed E-state index contributed by atoms with van der Waals surface area (Å²) < 4.78 is 26.0. The Kier molecular flexibility index (Phi) is 6.36. The molecule has 126 valence electrons. The minimum absolute atomic E-state index is 0. The van der Waals surface area contributed by atoms with Crippen LogP contribution in [0.15, 0.2) is 12.4 Å². The Morgan fingerprint density at radius 2 is 1.91 bits per heavy atom. The van der Waals surface area contributed by atoms with E-state index in [1.54, 1.807) is 36.1 Å². The number of nitrogens with one attached hydrogen (secondary N) is 1. The molecule has 1 unspecified atom stereocenters. The van der Waals surface area contributed by atoms with E-state index >= 15 is 0 Å². The Morgan fingerprint density at radius 3 is 2.32 bits per heavy atom. The van der Waals surface area contributed by atoms with Crippen LogP contribution in [0.4, 0.5) is 0 Å². The molecule has 8 nitrogen and oxygen atoms in total. The Labute approximate surface area is 136 Å². The van der Waals surface area contributed by atoms with Crippen molar-refractivity contribution in [1.29, 1.82) is 0 Å². The molecule has 1 aliphatic rings. The highest BCUT2D eigenvalue weighted by Crippen LogP contribution is 2.16. The molecule has 1 N–H and O–H groups in total. The zero-order valence-electron chi connectivity index (χ0n) is 12.9. The van der Waals surface area contributed by atoms with Crippen molar-refractivity contribution >= 4 is 28.3 Å². The molecular formula is C12H22ClN5O3S. The number of sulfonamides is 1. The van der Waals surface area contributed by atoms with E-state index in [1.807, 2.05) is 0 Å². The first-order valence-electron chi connectivity index (χ1n) is 6.72. The number of piperazine rings is 1. The molecule has 0 radical (unpaired) electrons. The molecule has 1 aliphatic heterocycles. The minimum atomic E-state index is -3.18. The fourth-order valence-electron chi connectivity index (χ4n) is 2.44. The molecule has 1 aromatic heterocycles. The van der Waals surface area contributed by atoms with Crippen molar-refractivity contribution in [3.8, 4) is 0 Å². The number of amides is 1. The van der Waals surface area contributed by atoms with Crippen molar-refractivity contribution in [3.05, 3.63) is 18.0 Å². The van der Waals surface area contributed by atoms with Crippen LogP contribution in [0, 0.1) is 0 Å². The van der Waals surface area contributed by atoms with Gasteiger partial charge in [-0.15, -0.1) is 12.4 Å². The Bertz CT molecular complexity index is 610. The van der Waals surface area contributed by atoms with Crippen molar-refractivity contribution in [3.63, 3.8) is 0 Å². The molecule has 2 rings (SSSR count). The summed E-state index contributed by atoms with van der Waals surface area (Å²) in [7, 11) is 0.338. The molecule has 0 saturated carbocycles. The van der Waals surface area contributed by atoms with E-state index in [2.05, 4.69) is 10.4 Å². The van der Waals surface area contributed by atoms with Gasteiger partial charge in [0, 0.05) is 45.0 Å². The average molecular weight is 352 g/mol. The fourth-order valence-corrected chi connectivity index (χ4v) is 3.27. The van der Waals surface area contributed by atoms with Gasteiger partial charge in [-0.25, -0.2) is 8.42 Å². The molecule has 0 spiro atoms. The highest BCUT2D eigenvalue weighted by Gasteiger charge is 2.30. The van der Waals surface area contributed by atoms with Crippen molar-refractivity contribution in [2.75, 3.05) is 39.5 Å². The van der Waals surface area contributed by atoms with Crippen LogP contribution in [0.25, 0.3) is 0 Å². The molecule has 1 fully saturated rings. The quantitative estimate of drug-likeness (QED) is 0.768. The molecule has 1 amide bonds. The molecule has 1 atom stereocenters. The molecular weight excluding hydrogens is 330 g/mol. The van der Waals surface area contributed by atoms with Gasteiger partial charge in [-0.3, -0.25) is 9.48 Å². The highest BCUT2D eigenvalue weighted by molar-refractivity contribution is 7.88. The van der Waals surface area contributed by atoms with Gasteiger partial charge >= 0.3 is 0 Å². The first kappa shape index (κ1) is 18.9. The van der Waals surface area contributed by atoms with E-state index in [9.17, 15) is 13.2 Å². The van der Waals surface area contributed by atoms with Gasteiger partial charge in [0.05, 0.1) is 12.5 Å². The van der Waals surface area contributed by atoms with E-state index in [1.165, 1.54) is 10.6 Å². The van der Waals surface area contributed by atoms with Crippen LogP contribution in [0.2, 0.25) is 0 Å². The lowest BCUT2D eigenvalue weighted by Crippen LogP contribution is -2.52. The van der Waals surface area contributed by atoms with Crippen molar-refractivity contribution < 1.29 is 13.2 Å². The average Bonchev–Trinajstić information content (AvgIpc) is 2.85. The number of aromatic nitrogens is 2. The second-order valence-corrected chi connectivity index (χ2v) is 7.14. The molecule has 0 bridgehead atoms. The van der Waals surface area contributed by atoms with Gasteiger partial charge in [0.25, 0.3) is 0 Å². The molecule has 2 heterocycles. The maximum absolute atomic E-state index is 12.6. The summed E-state index contributed by atoms with van der Waals surface area (Å²) in [5, 5.41) is 7.07. The number of halogens is 1. The SMILES string of the molecule is CNC(C(=O)N1CCN(S(C)(=O)=O)CC1)c1cnn(C)c1.Cl. The number of carbonyl (C=O) groups excluding carboxylic acids is 1. The number of nitrogens with zero attached hydrogens (tertiary/aromatic N) is 4. The number of carbonyl (C=O) groups is 1. The normalized spacial score (nSPS) is 17.9. The van der Waals surface area contributed by atoms with Crippen molar-refractivity contribution in [2.45, 2.75) is 6.04 Å². The Hall–Kier alpha value is -1.16. The van der Waals surface area contributed by atoms with Crippen LogP contribution in [0.3, 0.4) is 0 Å². The second-order valence-electron chi connectivity index (χ2n) is 5.16. The number of likely N-dealkylation sites (N-methyl/N-ethyl adjacent to an activating group) is 1. The van der Waals surface area contributed by atoms with E-state index in [0.717, 1.165) is 5.56 Å². The standard InChI is InChI=1S/C12H21N5O3S.ClH/c1-13-11(10-8-14-15(2)9-10)12(18)16-4-6-17(7-5-16)21(3,19)20;/h8-9,11,13H,4-7H2,1-3H3;1H. The van der Waals surface area contributed by atoms with Crippen molar-refractivity contribution in [2.24, 2.45) is 7.05 Å². The van der Waals surface area contributed by atoms with Gasteiger partial charge in [-0.05, 0) is 7.05 Å². The minimum Gasteiger partial charge on any atom is -0.338 e. The summed E-state index contributed by atoms with van der Waals surface area (Å²) in [6.07, 6.45) is 4.65. The Morgan fingerprint density at radius 1 is 1.32 bits per heavy atom. The fraction of sp³-hybridized carbons (Fsp3) is 0.667. The molecule has 0 aliphatic carbocycles. The largest absolute Gasteiger partial charge is 0.338 e. The summed E-state index contributed by atoms with van der Waals surface area (Å²) in [5.74, 6) is -0.0568. The molecule has 10 heteroatoms. The van der Waals surface area contributed by atoms with E-state index < -0.39 is 16.1 Å². The maximum atomic E-state index is 12.6. The summed E-state index contributed by atoms with van der Waals surface area (Å²) in [6, 6.07) is -0.455. The van der Waals surface area contributed by atoms with Gasteiger partial charge in [0.2, 0.25) is 15.9 Å². The van der Waals surface area contributed by atoms with Crippen LogP contribution < -0.4 is 5.32 Å². The van der Waals surface area contributed by atoms with Crippen LogP contribution >= 0.6 is 12.4 Å². The van der Waals surface area contributed by atoms with Gasteiger partial charge in [-0.1, -0.05) is 0 Å². The zero-order chi connectivity index (χ0) is 15.6. The van der Waals surface area contributed by atoms with Gasteiger partial charge < -0.3 is 10.2 Å². The highest BCUT2D eigenvalue weighted by atomic mass is 35.5. The first-order chi connectivity index (χ1) is 9.82. The molecule has 0 aromatic carbocycles. The van der Waals surface area contributed by atoms with Crippen molar-refractivity contribution in [1.82, 2.24) is 24.3 Å². The van der Waals surface area contributed by atoms with Crippen LogP contribution in [0.1, 0.15) is 11.6 Å². The number of rotatable bonds is 4. The number of aryl methyl sites for hydroxylation is 1. The van der Waals surface area contributed by atoms with Crippen LogP contribution in [-0.2, 0) is 21.9 Å². The zero-order valence-corrected chi connectivity index (χ0v) is 14.5. The molecule has 1 aromatic rings. The first-order valence-corrected chi connectivity index (χ1v) is 8.57. The van der Waals surface area contributed by atoms with E-state index in [-0.39, 0.29) is 18.3 Å². The third kappa shape index (κ3) is 4.19. The monoisotopic (exact) mass is 351 g/mol. The second kappa shape index (κ2) is 7.40. The molecule has 22 heavy (non-hydrogen) atoms. The lowest BCUT2D eigenvalue weighted by Gasteiger charge is -2.35. The summed E-state index contributed by atoms with van der Waals surface area (Å²) >= 11 is 0. The van der Waals surface area contributed by atoms with Gasteiger partial charge in [0.15, 0.2) is 0 Å². The third-order valence-electron chi connectivity index (χ3n) is 3.61. The van der Waals surface area contributed by atoms with E-state index in [0.29, 0.717) is 26.2 Å².